The maximum Gasteiger partial charge on any atom is 0.573 e. The van der Waals surface area contributed by atoms with Crippen LogP contribution in [0.4, 0.5) is 26.3 Å². The summed E-state index contributed by atoms with van der Waals surface area (Å²) in [4.78, 5) is 13.6. The van der Waals surface area contributed by atoms with Crippen LogP contribution in [0, 0.1) is 0 Å². The molecule has 0 aliphatic rings. The molecule has 1 aromatic heterocycles. The Labute approximate surface area is 106 Å². The molecule has 0 aliphatic heterocycles. The number of carboxylic acids is 1. The third-order valence-corrected chi connectivity index (χ3v) is 1.88. The van der Waals surface area contributed by atoms with E-state index in [2.05, 4.69) is 14.5 Å². The highest BCUT2D eigenvalue weighted by Gasteiger charge is 2.40. The van der Waals surface area contributed by atoms with E-state index in [1.807, 2.05) is 0 Å². The van der Waals surface area contributed by atoms with Gasteiger partial charge in [-0.1, -0.05) is 0 Å². The van der Waals surface area contributed by atoms with Crippen LogP contribution in [0.3, 0.4) is 0 Å². The maximum absolute atomic E-state index is 12.6. The molecule has 0 aromatic carbocycles. The van der Waals surface area contributed by atoms with Crippen molar-refractivity contribution in [3.8, 4) is 11.6 Å². The molecule has 0 atom stereocenters. The fourth-order valence-corrected chi connectivity index (χ4v) is 1.19. The number of nitrogens with zero attached hydrogens (tertiary/aromatic N) is 1. The van der Waals surface area contributed by atoms with Crippen LogP contribution in [-0.2, 0) is 6.18 Å². The number of hydrogen-bond donors (Lipinski definition) is 1. The molecule has 20 heavy (non-hydrogen) atoms. The van der Waals surface area contributed by atoms with E-state index < -0.39 is 41.4 Å². The minimum Gasteiger partial charge on any atom is -0.481 e. The molecule has 0 spiro atoms. The van der Waals surface area contributed by atoms with Crippen molar-refractivity contribution in [3.63, 3.8) is 0 Å². The van der Waals surface area contributed by atoms with Gasteiger partial charge in [-0.05, 0) is 0 Å². The number of carboxylic acid groups (broad SMARTS) is 1. The van der Waals surface area contributed by atoms with Crippen molar-refractivity contribution >= 4 is 5.97 Å². The summed E-state index contributed by atoms with van der Waals surface area (Å²) < 4.78 is 81.3. The van der Waals surface area contributed by atoms with Gasteiger partial charge >= 0.3 is 18.5 Å². The average molecular weight is 305 g/mol. The fourth-order valence-electron chi connectivity index (χ4n) is 1.19. The molecule has 1 rings (SSSR count). The Morgan fingerprint density at radius 3 is 2.15 bits per heavy atom. The Hall–Kier alpha value is -2.20. The first-order valence-corrected chi connectivity index (χ1v) is 4.61. The molecule has 0 fully saturated rings. The van der Waals surface area contributed by atoms with Gasteiger partial charge in [0.05, 0.1) is 7.11 Å². The molecule has 1 aromatic rings. The molecule has 0 saturated carbocycles. The number of hydrogen-bond acceptors (Lipinski definition) is 4. The minimum atomic E-state index is -5.37. The van der Waals surface area contributed by atoms with E-state index in [-0.39, 0.29) is 6.07 Å². The number of pyridine rings is 1. The van der Waals surface area contributed by atoms with E-state index >= 15 is 0 Å². The Morgan fingerprint density at radius 1 is 1.25 bits per heavy atom. The molecule has 1 heterocycles. The van der Waals surface area contributed by atoms with E-state index in [0.717, 1.165) is 7.11 Å². The first-order chi connectivity index (χ1) is 8.95. The Bertz CT molecular complexity index is 524. The molecule has 112 valence electrons. The summed E-state index contributed by atoms with van der Waals surface area (Å²) >= 11 is 0. The van der Waals surface area contributed by atoms with Crippen LogP contribution in [0.5, 0.6) is 11.6 Å². The number of aromatic nitrogens is 1. The van der Waals surface area contributed by atoms with Gasteiger partial charge < -0.3 is 14.6 Å². The lowest BCUT2D eigenvalue weighted by molar-refractivity contribution is -0.275. The second-order valence-electron chi connectivity index (χ2n) is 3.24. The number of carbonyl (C=O) groups is 1. The van der Waals surface area contributed by atoms with Crippen molar-refractivity contribution in [2.45, 2.75) is 12.5 Å². The standard InChI is InChI=1S/C9H5F6NO4/c1-19-6-3(8(10,11)12)2-4(20-9(13,14)15)5(16-6)7(17)18/h2H,1H3,(H,17,18). The van der Waals surface area contributed by atoms with Gasteiger partial charge in [-0.3, -0.25) is 0 Å². The topological polar surface area (TPSA) is 68.7 Å². The maximum atomic E-state index is 12.6. The Balaban J connectivity index is 3.51. The van der Waals surface area contributed by atoms with Crippen molar-refractivity contribution in [3.05, 3.63) is 17.3 Å². The van der Waals surface area contributed by atoms with Gasteiger partial charge in [0.15, 0.2) is 11.4 Å². The van der Waals surface area contributed by atoms with Crippen LogP contribution >= 0.6 is 0 Å². The van der Waals surface area contributed by atoms with Gasteiger partial charge in [-0.2, -0.15) is 13.2 Å². The van der Waals surface area contributed by atoms with Crippen molar-refractivity contribution in [2.24, 2.45) is 0 Å². The molecule has 5 nitrogen and oxygen atoms in total. The molecular weight excluding hydrogens is 300 g/mol. The predicted molar refractivity (Wildman–Crippen MR) is 49.4 cm³/mol. The third kappa shape index (κ3) is 3.65. The van der Waals surface area contributed by atoms with E-state index in [9.17, 15) is 31.1 Å². The minimum absolute atomic E-state index is 0.136. The van der Waals surface area contributed by atoms with Crippen LogP contribution in [-0.4, -0.2) is 29.5 Å². The summed E-state index contributed by atoms with van der Waals surface area (Å²) in [5, 5.41) is 8.63. The first-order valence-electron chi connectivity index (χ1n) is 4.61. The van der Waals surface area contributed by atoms with Crippen molar-refractivity contribution < 1.29 is 45.7 Å². The van der Waals surface area contributed by atoms with Crippen molar-refractivity contribution in [1.82, 2.24) is 4.98 Å². The van der Waals surface area contributed by atoms with E-state index in [1.165, 1.54) is 0 Å². The van der Waals surface area contributed by atoms with Crippen molar-refractivity contribution in [1.29, 1.82) is 0 Å². The second kappa shape index (κ2) is 5.06. The zero-order valence-corrected chi connectivity index (χ0v) is 9.46. The lowest BCUT2D eigenvalue weighted by atomic mass is 10.2. The zero-order chi connectivity index (χ0) is 15.7. The van der Waals surface area contributed by atoms with E-state index in [1.54, 1.807) is 0 Å². The summed E-state index contributed by atoms with van der Waals surface area (Å²) in [6, 6.07) is -0.136. The molecule has 0 unspecified atom stereocenters. The predicted octanol–water partition coefficient (Wildman–Crippen LogP) is 2.71. The smallest absolute Gasteiger partial charge is 0.481 e. The molecule has 0 saturated heterocycles. The highest BCUT2D eigenvalue weighted by atomic mass is 19.4. The molecule has 1 N–H and O–H groups in total. The number of alkyl halides is 6. The van der Waals surface area contributed by atoms with Crippen LogP contribution in [0.1, 0.15) is 16.1 Å². The number of aromatic carboxylic acids is 1. The van der Waals surface area contributed by atoms with Crippen LogP contribution < -0.4 is 9.47 Å². The SMILES string of the molecule is COc1nc(C(=O)O)c(OC(F)(F)F)cc1C(F)(F)F. The molecule has 0 amide bonds. The summed E-state index contributed by atoms with van der Waals surface area (Å²) in [6.45, 7) is 0. The quantitative estimate of drug-likeness (QED) is 0.870. The van der Waals surface area contributed by atoms with E-state index in [0.29, 0.717) is 0 Å². The highest BCUT2D eigenvalue weighted by Crippen LogP contribution is 2.39. The number of rotatable bonds is 3. The average Bonchev–Trinajstić information content (AvgIpc) is 2.24. The largest absolute Gasteiger partial charge is 0.573 e. The second-order valence-corrected chi connectivity index (χ2v) is 3.24. The number of ether oxygens (including phenoxy) is 2. The van der Waals surface area contributed by atoms with Crippen LogP contribution in [0.25, 0.3) is 0 Å². The third-order valence-electron chi connectivity index (χ3n) is 1.88. The number of methoxy groups -OCH3 is 1. The summed E-state index contributed by atoms with van der Waals surface area (Å²) in [7, 11) is 0.757. The lowest BCUT2D eigenvalue weighted by Gasteiger charge is -2.15. The van der Waals surface area contributed by atoms with Gasteiger partial charge in [-0.15, -0.1) is 13.2 Å². The number of halogens is 6. The van der Waals surface area contributed by atoms with Gasteiger partial charge in [-0.25, -0.2) is 9.78 Å². The fraction of sp³-hybridized carbons (Fsp3) is 0.333. The molecule has 11 heteroatoms. The molecular formula is C9H5F6NO4. The van der Waals surface area contributed by atoms with Crippen LogP contribution in [0.2, 0.25) is 0 Å². The van der Waals surface area contributed by atoms with Gasteiger partial charge in [0.2, 0.25) is 5.88 Å². The molecule has 0 aliphatic carbocycles. The monoisotopic (exact) mass is 305 g/mol. The summed E-state index contributed by atoms with van der Waals surface area (Å²) in [5.41, 5.74) is -3.04. The van der Waals surface area contributed by atoms with E-state index in [4.69, 9.17) is 5.11 Å². The zero-order valence-electron chi connectivity index (χ0n) is 9.46. The summed E-state index contributed by atoms with van der Waals surface area (Å²) in [6.07, 6.45) is -10.5. The molecule has 0 bridgehead atoms. The first kappa shape index (κ1) is 15.9. The van der Waals surface area contributed by atoms with Gasteiger partial charge in [0, 0.05) is 6.07 Å². The van der Waals surface area contributed by atoms with Crippen LogP contribution in [0.15, 0.2) is 6.07 Å². The Kier molecular flexibility index (Phi) is 4.01. The normalized spacial score (nSPS) is 12.2. The lowest BCUT2D eigenvalue weighted by Crippen LogP contribution is -2.21. The highest BCUT2D eigenvalue weighted by molar-refractivity contribution is 5.89. The molecule has 0 radical (unpaired) electrons. The van der Waals surface area contributed by atoms with Gasteiger partial charge in [0.1, 0.15) is 5.56 Å². The van der Waals surface area contributed by atoms with Crippen molar-refractivity contribution in [2.75, 3.05) is 7.11 Å². The summed E-state index contributed by atoms with van der Waals surface area (Å²) in [5.74, 6) is -4.76. The van der Waals surface area contributed by atoms with Gasteiger partial charge in [0.25, 0.3) is 0 Å². The Morgan fingerprint density at radius 2 is 1.80 bits per heavy atom.